The van der Waals surface area contributed by atoms with Crippen LogP contribution in [0.5, 0.6) is 0 Å². The number of aliphatic hydroxyl groups excluding tert-OH is 1. The second kappa shape index (κ2) is 7.33. The molecule has 6 nitrogen and oxygen atoms in total. The lowest BCUT2D eigenvalue weighted by atomic mass is 10.1. The number of likely N-dealkylation sites (N-methyl/N-ethyl adjacent to an activating group) is 1. The van der Waals surface area contributed by atoms with Gasteiger partial charge in [-0.25, -0.2) is 4.79 Å². The Balaban J connectivity index is 3.93. The number of hydrogen-bond acceptors (Lipinski definition) is 4. The number of hydrogen-bond donors (Lipinski definition) is 3. The Morgan fingerprint density at radius 3 is 2.33 bits per heavy atom. The van der Waals surface area contributed by atoms with Gasteiger partial charge in [0.25, 0.3) is 0 Å². The summed E-state index contributed by atoms with van der Waals surface area (Å²) >= 11 is 0. The van der Waals surface area contributed by atoms with E-state index >= 15 is 0 Å². The first-order valence-corrected chi connectivity index (χ1v) is 6.09. The minimum absolute atomic E-state index is 0.129. The molecule has 0 spiro atoms. The zero-order valence-electron chi connectivity index (χ0n) is 11.9. The second-order valence-electron chi connectivity index (χ2n) is 5.63. The van der Waals surface area contributed by atoms with Crippen molar-refractivity contribution in [3.05, 3.63) is 0 Å². The molecule has 0 radical (unpaired) electrons. The first-order valence-electron chi connectivity index (χ1n) is 6.09. The van der Waals surface area contributed by atoms with Crippen LogP contribution in [0, 0.1) is 0 Å². The summed E-state index contributed by atoms with van der Waals surface area (Å²) in [5.74, 6) is -0.357. The molecular weight excluding hydrogens is 234 g/mol. The van der Waals surface area contributed by atoms with E-state index < -0.39 is 6.03 Å². The number of amides is 3. The van der Waals surface area contributed by atoms with Crippen molar-refractivity contribution < 1.29 is 14.7 Å². The number of carbonyl (C=O) groups is 2. The van der Waals surface area contributed by atoms with Gasteiger partial charge in [-0.05, 0) is 41.2 Å². The molecule has 18 heavy (non-hydrogen) atoms. The van der Waals surface area contributed by atoms with Gasteiger partial charge >= 0.3 is 6.03 Å². The minimum Gasteiger partial charge on any atom is -0.393 e. The highest BCUT2D eigenvalue weighted by Crippen LogP contribution is 1.97. The number of aliphatic hydroxyl groups is 1. The fraction of sp³-hybridized carbons (Fsp3) is 0.833. The lowest BCUT2D eigenvalue weighted by Gasteiger charge is -2.21. The van der Waals surface area contributed by atoms with Crippen molar-refractivity contribution in [1.29, 1.82) is 0 Å². The van der Waals surface area contributed by atoms with Crippen LogP contribution >= 0.6 is 0 Å². The van der Waals surface area contributed by atoms with Crippen molar-refractivity contribution in [3.63, 3.8) is 0 Å². The summed E-state index contributed by atoms with van der Waals surface area (Å²) in [4.78, 5) is 24.7. The molecule has 0 saturated carbocycles. The van der Waals surface area contributed by atoms with E-state index in [1.807, 2.05) is 20.8 Å². The fourth-order valence-electron chi connectivity index (χ4n) is 1.27. The molecule has 0 aromatic carbocycles. The molecule has 6 heteroatoms. The number of imide groups is 1. The van der Waals surface area contributed by atoms with E-state index in [0.717, 1.165) is 0 Å². The van der Waals surface area contributed by atoms with Crippen molar-refractivity contribution in [2.45, 2.75) is 45.8 Å². The summed E-state index contributed by atoms with van der Waals surface area (Å²) in [7, 11) is 1.77. The van der Waals surface area contributed by atoms with Crippen LogP contribution in [0.25, 0.3) is 0 Å². The quantitative estimate of drug-likeness (QED) is 0.664. The highest BCUT2D eigenvalue weighted by atomic mass is 16.3. The molecule has 1 atom stereocenters. The lowest BCUT2D eigenvalue weighted by molar-refractivity contribution is -0.120. The normalized spacial score (nSPS) is 13.3. The predicted molar refractivity (Wildman–Crippen MR) is 70.2 cm³/mol. The van der Waals surface area contributed by atoms with Crippen molar-refractivity contribution in [2.75, 3.05) is 20.1 Å². The summed E-state index contributed by atoms with van der Waals surface area (Å²) in [6.07, 6.45) is 0.206. The number of nitrogens with zero attached hydrogens (tertiary/aromatic N) is 1. The van der Waals surface area contributed by atoms with Gasteiger partial charge in [0.1, 0.15) is 0 Å². The minimum atomic E-state index is -0.489. The Morgan fingerprint density at radius 2 is 1.89 bits per heavy atom. The van der Waals surface area contributed by atoms with Gasteiger partial charge in [0, 0.05) is 12.1 Å². The van der Waals surface area contributed by atoms with E-state index in [0.29, 0.717) is 13.0 Å². The van der Waals surface area contributed by atoms with E-state index in [1.54, 1.807) is 18.9 Å². The Hall–Kier alpha value is -1.14. The maximum atomic E-state index is 11.5. The first kappa shape index (κ1) is 16.9. The van der Waals surface area contributed by atoms with E-state index in [1.165, 1.54) is 0 Å². The van der Waals surface area contributed by atoms with Crippen LogP contribution in [0.1, 0.15) is 34.1 Å². The Morgan fingerprint density at radius 1 is 1.33 bits per heavy atom. The average Bonchev–Trinajstić information content (AvgIpc) is 2.10. The molecule has 3 N–H and O–H groups in total. The lowest BCUT2D eigenvalue weighted by Crippen LogP contribution is -2.50. The number of urea groups is 1. The van der Waals surface area contributed by atoms with E-state index in [2.05, 4.69) is 10.6 Å². The van der Waals surface area contributed by atoms with Gasteiger partial charge < -0.3 is 10.4 Å². The van der Waals surface area contributed by atoms with Gasteiger partial charge in [-0.2, -0.15) is 0 Å². The zero-order valence-corrected chi connectivity index (χ0v) is 11.9. The molecule has 0 saturated heterocycles. The van der Waals surface area contributed by atoms with Crippen molar-refractivity contribution in [2.24, 2.45) is 0 Å². The average molecular weight is 259 g/mol. The summed E-state index contributed by atoms with van der Waals surface area (Å²) in [6, 6.07) is -0.489. The van der Waals surface area contributed by atoms with Crippen LogP contribution in [0.4, 0.5) is 4.79 Å². The highest BCUT2D eigenvalue weighted by molar-refractivity contribution is 5.95. The first-order chi connectivity index (χ1) is 8.10. The van der Waals surface area contributed by atoms with Gasteiger partial charge in [0.05, 0.1) is 12.6 Å². The molecule has 0 bridgehead atoms. The summed E-state index contributed by atoms with van der Waals surface area (Å²) in [5, 5.41) is 14.0. The topological polar surface area (TPSA) is 81.7 Å². The summed E-state index contributed by atoms with van der Waals surface area (Å²) < 4.78 is 0. The SMILES string of the molecule is CC(O)CCN(C)CC(=O)NC(=O)NC(C)(C)C. The third-order valence-electron chi connectivity index (χ3n) is 2.08. The van der Waals surface area contributed by atoms with Crippen molar-refractivity contribution in [1.82, 2.24) is 15.5 Å². The number of carbonyl (C=O) groups excluding carboxylic acids is 2. The molecular formula is C12H25N3O3. The standard InChI is InChI=1S/C12H25N3O3/c1-9(16)6-7-15(5)8-10(17)13-11(18)14-12(2,3)4/h9,16H,6-8H2,1-5H3,(H2,13,14,17,18). The molecule has 0 aliphatic carbocycles. The van der Waals surface area contributed by atoms with Crippen molar-refractivity contribution >= 4 is 11.9 Å². The van der Waals surface area contributed by atoms with Crippen LogP contribution in [0.2, 0.25) is 0 Å². The van der Waals surface area contributed by atoms with Gasteiger partial charge in [-0.1, -0.05) is 0 Å². The van der Waals surface area contributed by atoms with Gasteiger partial charge in [-0.3, -0.25) is 15.0 Å². The van der Waals surface area contributed by atoms with Crippen LogP contribution in [0.15, 0.2) is 0 Å². The largest absolute Gasteiger partial charge is 0.393 e. The highest BCUT2D eigenvalue weighted by Gasteiger charge is 2.16. The molecule has 0 aliphatic rings. The van der Waals surface area contributed by atoms with Crippen LogP contribution in [-0.2, 0) is 4.79 Å². The van der Waals surface area contributed by atoms with E-state index in [-0.39, 0.29) is 24.1 Å². The maximum Gasteiger partial charge on any atom is 0.321 e. The Kier molecular flexibility index (Phi) is 6.86. The van der Waals surface area contributed by atoms with Crippen LogP contribution < -0.4 is 10.6 Å². The molecule has 106 valence electrons. The number of rotatable bonds is 5. The van der Waals surface area contributed by atoms with E-state index in [9.17, 15) is 9.59 Å². The maximum absolute atomic E-state index is 11.5. The third kappa shape index (κ3) is 10.0. The van der Waals surface area contributed by atoms with Crippen LogP contribution in [0.3, 0.4) is 0 Å². The van der Waals surface area contributed by atoms with Crippen molar-refractivity contribution in [3.8, 4) is 0 Å². The molecule has 0 aromatic heterocycles. The monoisotopic (exact) mass is 259 g/mol. The smallest absolute Gasteiger partial charge is 0.321 e. The Bertz CT molecular complexity index is 285. The predicted octanol–water partition coefficient (Wildman–Crippen LogP) is 0.313. The molecule has 1 unspecified atom stereocenters. The number of nitrogens with one attached hydrogen (secondary N) is 2. The molecule has 0 aliphatic heterocycles. The molecule has 0 aromatic rings. The summed E-state index contributed by atoms with van der Waals surface area (Å²) in [5.41, 5.74) is -0.372. The van der Waals surface area contributed by atoms with Gasteiger partial charge in [0.2, 0.25) is 5.91 Å². The molecule has 0 fully saturated rings. The van der Waals surface area contributed by atoms with Gasteiger partial charge in [-0.15, -0.1) is 0 Å². The Labute approximate surface area is 109 Å². The second-order valence-corrected chi connectivity index (χ2v) is 5.63. The van der Waals surface area contributed by atoms with E-state index in [4.69, 9.17) is 5.11 Å². The molecule has 0 heterocycles. The van der Waals surface area contributed by atoms with Crippen LogP contribution in [-0.4, -0.2) is 53.7 Å². The zero-order chi connectivity index (χ0) is 14.3. The molecule has 3 amide bonds. The van der Waals surface area contributed by atoms with Gasteiger partial charge in [0.15, 0.2) is 0 Å². The molecule has 0 rings (SSSR count). The summed E-state index contributed by atoms with van der Waals surface area (Å²) in [6.45, 7) is 7.95. The fourth-order valence-corrected chi connectivity index (χ4v) is 1.27. The third-order valence-corrected chi connectivity index (χ3v) is 2.08.